The standard InChI is InChI=1S/C23H45N7O/c1-6-9-10-20(7-2)17-25-22(24-11-12-29-19-27-28-21(29)8-3)26-18-23(4,5)30-13-15-31-16-14-30/h19-20H,6-18H2,1-5H3,(H2,24,25,26). The van der Waals surface area contributed by atoms with E-state index in [-0.39, 0.29) is 5.54 Å². The molecule has 1 fully saturated rings. The number of ether oxygens (including phenoxy) is 1. The number of aliphatic imine (C=N–C) groups is 1. The summed E-state index contributed by atoms with van der Waals surface area (Å²) >= 11 is 0. The Kier molecular flexibility index (Phi) is 11.3. The second-order valence-electron chi connectivity index (χ2n) is 9.09. The van der Waals surface area contributed by atoms with E-state index in [2.05, 4.69) is 64.9 Å². The number of morpholine rings is 1. The van der Waals surface area contributed by atoms with E-state index in [1.165, 1.54) is 25.7 Å². The van der Waals surface area contributed by atoms with Crippen LogP contribution in [0.1, 0.15) is 66.1 Å². The maximum Gasteiger partial charge on any atom is 0.191 e. The van der Waals surface area contributed by atoms with Gasteiger partial charge in [0.05, 0.1) is 19.8 Å². The summed E-state index contributed by atoms with van der Waals surface area (Å²) in [7, 11) is 0. The Hall–Kier alpha value is -1.67. The first-order valence-corrected chi connectivity index (χ1v) is 12.2. The molecule has 178 valence electrons. The molecule has 2 heterocycles. The highest BCUT2D eigenvalue weighted by Crippen LogP contribution is 2.16. The summed E-state index contributed by atoms with van der Waals surface area (Å²) in [5, 5.41) is 15.4. The van der Waals surface area contributed by atoms with Crippen LogP contribution in [0.3, 0.4) is 0 Å². The third kappa shape index (κ3) is 8.77. The average molecular weight is 436 g/mol. The van der Waals surface area contributed by atoms with Gasteiger partial charge in [-0.15, -0.1) is 10.2 Å². The van der Waals surface area contributed by atoms with E-state index in [1.54, 1.807) is 0 Å². The summed E-state index contributed by atoms with van der Waals surface area (Å²) in [5.41, 5.74) is 0.00834. The van der Waals surface area contributed by atoms with Gasteiger partial charge < -0.3 is 19.9 Å². The highest BCUT2D eigenvalue weighted by molar-refractivity contribution is 5.79. The number of hydrogen-bond donors (Lipinski definition) is 2. The molecule has 0 amide bonds. The quantitative estimate of drug-likeness (QED) is 0.366. The van der Waals surface area contributed by atoms with Gasteiger partial charge in [-0.3, -0.25) is 9.89 Å². The highest BCUT2D eigenvalue weighted by Gasteiger charge is 2.28. The Morgan fingerprint density at radius 2 is 2.00 bits per heavy atom. The van der Waals surface area contributed by atoms with Gasteiger partial charge in [0.25, 0.3) is 0 Å². The molecule has 1 aliphatic heterocycles. The molecular weight excluding hydrogens is 390 g/mol. The molecule has 0 aromatic carbocycles. The van der Waals surface area contributed by atoms with Crippen LogP contribution in [-0.4, -0.2) is 77.1 Å². The second kappa shape index (κ2) is 13.7. The van der Waals surface area contributed by atoms with E-state index in [0.717, 1.165) is 70.7 Å². The van der Waals surface area contributed by atoms with E-state index >= 15 is 0 Å². The van der Waals surface area contributed by atoms with Crippen LogP contribution >= 0.6 is 0 Å². The molecule has 1 aromatic rings. The van der Waals surface area contributed by atoms with E-state index in [0.29, 0.717) is 5.92 Å². The maximum absolute atomic E-state index is 5.52. The lowest BCUT2D eigenvalue weighted by molar-refractivity contribution is -0.00684. The van der Waals surface area contributed by atoms with E-state index < -0.39 is 0 Å². The number of rotatable bonds is 13. The minimum Gasteiger partial charge on any atom is -0.379 e. The molecular formula is C23H45N7O. The number of aryl methyl sites for hydroxylation is 1. The van der Waals surface area contributed by atoms with Crippen LogP contribution in [0.2, 0.25) is 0 Å². The molecule has 0 spiro atoms. The van der Waals surface area contributed by atoms with Gasteiger partial charge in [0.1, 0.15) is 12.2 Å². The van der Waals surface area contributed by atoms with Crippen LogP contribution in [0.15, 0.2) is 11.3 Å². The molecule has 2 N–H and O–H groups in total. The van der Waals surface area contributed by atoms with Crippen molar-refractivity contribution in [2.24, 2.45) is 10.9 Å². The van der Waals surface area contributed by atoms with Gasteiger partial charge in [-0.1, -0.05) is 40.0 Å². The van der Waals surface area contributed by atoms with E-state index in [1.807, 2.05) is 6.33 Å². The zero-order chi connectivity index (χ0) is 22.5. The maximum atomic E-state index is 5.52. The van der Waals surface area contributed by atoms with E-state index in [9.17, 15) is 0 Å². The molecule has 8 heteroatoms. The Bertz CT molecular complexity index is 638. The van der Waals surface area contributed by atoms with Gasteiger partial charge >= 0.3 is 0 Å². The van der Waals surface area contributed by atoms with Crippen molar-refractivity contribution in [3.05, 3.63) is 12.2 Å². The molecule has 31 heavy (non-hydrogen) atoms. The van der Waals surface area contributed by atoms with Gasteiger partial charge in [-0.05, 0) is 26.2 Å². The van der Waals surface area contributed by atoms with Crippen molar-refractivity contribution in [3.8, 4) is 0 Å². The van der Waals surface area contributed by atoms with Crippen molar-refractivity contribution in [3.63, 3.8) is 0 Å². The third-order valence-electron chi connectivity index (χ3n) is 6.25. The molecule has 0 aliphatic carbocycles. The number of guanidine groups is 1. The van der Waals surface area contributed by atoms with Gasteiger partial charge in [0.2, 0.25) is 0 Å². The van der Waals surface area contributed by atoms with Crippen LogP contribution in [0, 0.1) is 5.92 Å². The summed E-state index contributed by atoms with van der Waals surface area (Å²) in [6.45, 7) is 18.1. The van der Waals surface area contributed by atoms with E-state index in [4.69, 9.17) is 9.73 Å². The molecule has 1 unspecified atom stereocenters. The fraction of sp³-hybridized carbons (Fsp3) is 0.870. The molecule has 0 saturated carbocycles. The first-order chi connectivity index (χ1) is 15.0. The van der Waals surface area contributed by atoms with Gasteiger partial charge in [-0.2, -0.15) is 0 Å². The Morgan fingerprint density at radius 1 is 1.23 bits per heavy atom. The van der Waals surface area contributed by atoms with Crippen molar-refractivity contribution in [1.82, 2.24) is 30.3 Å². The molecule has 8 nitrogen and oxygen atoms in total. The van der Waals surface area contributed by atoms with Gasteiger partial charge in [0, 0.05) is 44.7 Å². The van der Waals surface area contributed by atoms with Crippen LogP contribution in [0.25, 0.3) is 0 Å². The topological polar surface area (TPSA) is 79.6 Å². The monoisotopic (exact) mass is 435 g/mol. The normalized spacial score (nSPS) is 17.0. The smallest absolute Gasteiger partial charge is 0.191 e. The second-order valence-corrected chi connectivity index (χ2v) is 9.09. The predicted molar refractivity (Wildman–Crippen MR) is 127 cm³/mol. The zero-order valence-corrected chi connectivity index (χ0v) is 20.5. The lowest BCUT2D eigenvalue weighted by Crippen LogP contribution is -2.52. The number of unbranched alkanes of at least 4 members (excludes halogenated alkanes) is 1. The predicted octanol–water partition coefficient (Wildman–Crippen LogP) is 2.70. The molecule has 1 aromatic heterocycles. The van der Waals surface area contributed by atoms with Crippen molar-refractivity contribution in [2.45, 2.75) is 78.8 Å². The fourth-order valence-electron chi connectivity index (χ4n) is 3.93. The zero-order valence-electron chi connectivity index (χ0n) is 20.5. The highest BCUT2D eigenvalue weighted by atomic mass is 16.5. The minimum atomic E-state index is 0.00834. The summed E-state index contributed by atoms with van der Waals surface area (Å²) in [5.74, 6) is 2.61. The summed E-state index contributed by atoms with van der Waals surface area (Å²) in [4.78, 5) is 7.47. The Labute approximate surface area is 189 Å². The molecule has 1 aliphatic rings. The van der Waals surface area contributed by atoms with Gasteiger partial charge in [0.15, 0.2) is 5.96 Å². The SMILES string of the molecule is CCCCC(CC)CNC(=NCC(C)(C)N1CCOCC1)NCCn1cnnc1CC. The lowest BCUT2D eigenvalue weighted by atomic mass is 9.99. The molecule has 1 saturated heterocycles. The van der Waals surface area contributed by atoms with Crippen LogP contribution in [0.5, 0.6) is 0 Å². The first kappa shape index (κ1) is 25.6. The van der Waals surface area contributed by atoms with Crippen LogP contribution in [-0.2, 0) is 17.7 Å². The number of hydrogen-bond acceptors (Lipinski definition) is 5. The lowest BCUT2D eigenvalue weighted by Gasteiger charge is -2.40. The summed E-state index contributed by atoms with van der Waals surface area (Å²) < 4.78 is 7.63. The summed E-state index contributed by atoms with van der Waals surface area (Å²) in [6, 6.07) is 0. The van der Waals surface area contributed by atoms with Crippen molar-refractivity contribution < 1.29 is 4.74 Å². The van der Waals surface area contributed by atoms with Crippen LogP contribution in [0.4, 0.5) is 0 Å². The molecule has 0 bridgehead atoms. The Balaban J connectivity index is 1.96. The summed E-state index contributed by atoms with van der Waals surface area (Å²) in [6.07, 6.45) is 7.71. The fourth-order valence-corrected chi connectivity index (χ4v) is 3.93. The minimum absolute atomic E-state index is 0.00834. The van der Waals surface area contributed by atoms with Crippen molar-refractivity contribution in [2.75, 3.05) is 45.9 Å². The average Bonchev–Trinajstić information content (AvgIpc) is 3.25. The first-order valence-electron chi connectivity index (χ1n) is 12.2. The number of nitrogens with zero attached hydrogens (tertiary/aromatic N) is 5. The van der Waals surface area contributed by atoms with Crippen molar-refractivity contribution in [1.29, 1.82) is 0 Å². The van der Waals surface area contributed by atoms with Crippen molar-refractivity contribution >= 4 is 5.96 Å². The van der Waals surface area contributed by atoms with Gasteiger partial charge in [-0.25, -0.2) is 0 Å². The largest absolute Gasteiger partial charge is 0.379 e. The molecule has 2 rings (SSSR count). The third-order valence-corrected chi connectivity index (χ3v) is 6.25. The Morgan fingerprint density at radius 3 is 2.68 bits per heavy atom. The number of nitrogens with one attached hydrogen (secondary N) is 2. The molecule has 1 atom stereocenters. The molecule has 0 radical (unpaired) electrons. The van der Waals surface area contributed by atoms with Crippen LogP contribution < -0.4 is 10.6 Å². The number of aromatic nitrogens is 3.